The smallest absolute Gasteiger partial charge is 0.339 e. The number of carboxylic acid groups (broad SMARTS) is 1. The van der Waals surface area contributed by atoms with Crippen molar-refractivity contribution in [2.24, 2.45) is 0 Å². The van der Waals surface area contributed by atoms with E-state index in [1.54, 1.807) is 18.2 Å². The molecule has 106 valence electrons. The minimum absolute atomic E-state index is 0.161. The molecule has 0 radical (unpaired) electrons. The molecule has 2 rings (SSSR count). The SMILES string of the molecule is CCC(C)n1ccc(COc2ccccc2C(=O)O)n1. The predicted octanol–water partition coefficient (Wildman–Crippen LogP) is 3.13. The van der Waals surface area contributed by atoms with Crippen molar-refractivity contribution in [3.05, 3.63) is 47.8 Å². The number of aromatic nitrogens is 2. The van der Waals surface area contributed by atoms with Crippen LogP contribution in [0.15, 0.2) is 36.5 Å². The van der Waals surface area contributed by atoms with Gasteiger partial charge in [-0.3, -0.25) is 4.68 Å². The molecule has 20 heavy (non-hydrogen) atoms. The normalized spacial score (nSPS) is 12.1. The van der Waals surface area contributed by atoms with Crippen LogP contribution < -0.4 is 4.74 Å². The van der Waals surface area contributed by atoms with E-state index in [0.29, 0.717) is 11.8 Å². The summed E-state index contributed by atoms with van der Waals surface area (Å²) >= 11 is 0. The lowest BCUT2D eigenvalue weighted by Crippen LogP contribution is -2.07. The maximum absolute atomic E-state index is 11.1. The van der Waals surface area contributed by atoms with Crippen molar-refractivity contribution in [3.63, 3.8) is 0 Å². The van der Waals surface area contributed by atoms with E-state index in [0.717, 1.165) is 12.1 Å². The van der Waals surface area contributed by atoms with Gasteiger partial charge in [0.1, 0.15) is 17.9 Å². The molecule has 1 atom stereocenters. The molecular formula is C15H18N2O3. The highest BCUT2D eigenvalue weighted by molar-refractivity contribution is 5.90. The van der Waals surface area contributed by atoms with Crippen LogP contribution in [0.3, 0.4) is 0 Å². The molecule has 1 N–H and O–H groups in total. The summed E-state index contributed by atoms with van der Waals surface area (Å²) in [5, 5.41) is 13.5. The van der Waals surface area contributed by atoms with Gasteiger partial charge in [-0.2, -0.15) is 5.10 Å². The van der Waals surface area contributed by atoms with Gasteiger partial charge in [-0.1, -0.05) is 19.1 Å². The van der Waals surface area contributed by atoms with E-state index in [4.69, 9.17) is 9.84 Å². The van der Waals surface area contributed by atoms with Crippen molar-refractivity contribution in [1.29, 1.82) is 0 Å². The van der Waals surface area contributed by atoms with Crippen LogP contribution in [0.2, 0.25) is 0 Å². The van der Waals surface area contributed by atoms with Crippen molar-refractivity contribution in [1.82, 2.24) is 9.78 Å². The fraction of sp³-hybridized carbons (Fsp3) is 0.333. The molecule has 1 aromatic heterocycles. The van der Waals surface area contributed by atoms with E-state index >= 15 is 0 Å². The van der Waals surface area contributed by atoms with Crippen LogP contribution in [0.5, 0.6) is 5.75 Å². The first-order valence-electron chi connectivity index (χ1n) is 6.61. The lowest BCUT2D eigenvalue weighted by atomic mass is 10.2. The van der Waals surface area contributed by atoms with Gasteiger partial charge < -0.3 is 9.84 Å². The number of hydrogen-bond acceptors (Lipinski definition) is 3. The average Bonchev–Trinajstić information content (AvgIpc) is 2.93. The van der Waals surface area contributed by atoms with E-state index in [2.05, 4.69) is 18.9 Å². The van der Waals surface area contributed by atoms with Crippen LogP contribution in [0.1, 0.15) is 42.4 Å². The van der Waals surface area contributed by atoms with Crippen LogP contribution in [-0.2, 0) is 6.61 Å². The first-order valence-corrected chi connectivity index (χ1v) is 6.61. The number of ether oxygens (including phenoxy) is 1. The van der Waals surface area contributed by atoms with Crippen LogP contribution in [0.4, 0.5) is 0 Å². The highest BCUT2D eigenvalue weighted by Gasteiger charge is 2.11. The maximum atomic E-state index is 11.1. The number of nitrogens with zero attached hydrogens (tertiary/aromatic N) is 2. The molecular weight excluding hydrogens is 256 g/mol. The van der Waals surface area contributed by atoms with E-state index in [1.807, 2.05) is 16.9 Å². The summed E-state index contributed by atoms with van der Waals surface area (Å²) < 4.78 is 7.45. The summed E-state index contributed by atoms with van der Waals surface area (Å²) in [4.78, 5) is 11.1. The minimum Gasteiger partial charge on any atom is -0.486 e. The molecule has 0 amide bonds. The molecule has 1 aromatic carbocycles. The molecule has 0 aliphatic heterocycles. The Hall–Kier alpha value is -2.30. The van der Waals surface area contributed by atoms with Crippen molar-refractivity contribution in [2.45, 2.75) is 32.9 Å². The van der Waals surface area contributed by atoms with Crippen molar-refractivity contribution in [2.75, 3.05) is 0 Å². The Morgan fingerprint density at radius 2 is 2.15 bits per heavy atom. The number of rotatable bonds is 6. The summed E-state index contributed by atoms with van der Waals surface area (Å²) in [6.07, 6.45) is 2.92. The van der Waals surface area contributed by atoms with Crippen LogP contribution in [0.25, 0.3) is 0 Å². The highest BCUT2D eigenvalue weighted by Crippen LogP contribution is 2.19. The molecule has 0 spiro atoms. The van der Waals surface area contributed by atoms with Gasteiger partial charge in [0.05, 0.1) is 5.69 Å². The molecule has 1 heterocycles. The van der Waals surface area contributed by atoms with Gasteiger partial charge in [0, 0.05) is 12.2 Å². The number of carbonyl (C=O) groups is 1. The molecule has 0 aliphatic carbocycles. The molecule has 1 unspecified atom stereocenters. The summed E-state index contributed by atoms with van der Waals surface area (Å²) in [5.41, 5.74) is 0.944. The van der Waals surface area contributed by atoms with Crippen molar-refractivity contribution < 1.29 is 14.6 Å². The topological polar surface area (TPSA) is 64.3 Å². The summed E-state index contributed by atoms with van der Waals surface area (Å²) in [5.74, 6) is -0.635. The molecule has 0 bridgehead atoms. The third-order valence-electron chi connectivity index (χ3n) is 3.20. The van der Waals surface area contributed by atoms with E-state index in [1.165, 1.54) is 6.07 Å². The Morgan fingerprint density at radius 1 is 1.40 bits per heavy atom. The number of hydrogen-bond donors (Lipinski definition) is 1. The fourth-order valence-electron chi connectivity index (χ4n) is 1.81. The Kier molecular flexibility index (Phi) is 4.40. The molecule has 0 fully saturated rings. The van der Waals surface area contributed by atoms with Crippen molar-refractivity contribution in [3.8, 4) is 5.75 Å². The molecule has 0 aliphatic rings. The summed E-state index contributed by atoms with van der Waals surface area (Å²) in [6, 6.07) is 8.82. The third kappa shape index (κ3) is 3.17. The Labute approximate surface area is 117 Å². The van der Waals surface area contributed by atoms with Gasteiger partial charge in [-0.15, -0.1) is 0 Å². The largest absolute Gasteiger partial charge is 0.486 e. The fourth-order valence-corrected chi connectivity index (χ4v) is 1.81. The van der Waals surface area contributed by atoms with Gasteiger partial charge in [-0.25, -0.2) is 4.79 Å². The Morgan fingerprint density at radius 3 is 2.85 bits per heavy atom. The van der Waals surface area contributed by atoms with Crippen LogP contribution >= 0.6 is 0 Å². The number of para-hydroxylation sites is 1. The maximum Gasteiger partial charge on any atom is 0.339 e. The molecule has 5 nitrogen and oxygen atoms in total. The van der Waals surface area contributed by atoms with Crippen LogP contribution in [-0.4, -0.2) is 20.9 Å². The number of benzene rings is 1. The number of carboxylic acids is 1. The van der Waals surface area contributed by atoms with Gasteiger partial charge in [-0.05, 0) is 31.5 Å². The standard InChI is InChI=1S/C15H18N2O3/c1-3-11(2)17-9-8-12(16-17)10-20-14-7-5-4-6-13(14)15(18)19/h4-9,11H,3,10H2,1-2H3,(H,18,19). The molecule has 5 heteroatoms. The molecule has 0 saturated carbocycles. The average molecular weight is 274 g/mol. The van der Waals surface area contributed by atoms with Gasteiger partial charge >= 0.3 is 5.97 Å². The first-order chi connectivity index (χ1) is 9.61. The Bertz CT molecular complexity index is 592. The van der Waals surface area contributed by atoms with E-state index in [-0.39, 0.29) is 12.2 Å². The number of aromatic carboxylic acids is 1. The van der Waals surface area contributed by atoms with E-state index in [9.17, 15) is 4.79 Å². The zero-order valence-corrected chi connectivity index (χ0v) is 11.6. The highest BCUT2D eigenvalue weighted by atomic mass is 16.5. The quantitative estimate of drug-likeness (QED) is 0.879. The predicted molar refractivity (Wildman–Crippen MR) is 75.0 cm³/mol. The second kappa shape index (κ2) is 6.23. The lowest BCUT2D eigenvalue weighted by Gasteiger charge is -2.09. The second-order valence-electron chi connectivity index (χ2n) is 4.63. The van der Waals surface area contributed by atoms with Crippen LogP contribution in [0, 0.1) is 0 Å². The monoisotopic (exact) mass is 274 g/mol. The zero-order valence-electron chi connectivity index (χ0n) is 11.6. The third-order valence-corrected chi connectivity index (χ3v) is 3.20. The summed E-state index contributed by atoms with van der Waals surface area (Å²) in [6.45, 7) is 4.46. The van der Waals surface area contributed by atoms with Crippen molar-refractivity contribution >= 4 is 5.97 Å². The van der Waals surface area contributed by atoms with Gasteiger partial charge in [0.25, 0.3) is 0 Å². The molecule has 0 saturated heterocycles. The van der Waals surface area contributed by atoms with Gasteiger partial charge in [0.15, 0.2) is 0 Å². The lowest BCUT2D eigenvalue weighted by molar-refractivity contribution is 0.0691. The first kappa shape index (κ1) is 14.1. The zero-order chi connectivity index (χ0) is 14.5. The molecule has 2 aromatic rings. The Balaban J connectivity index is 2.06. The minimum atomic E-state index is -0.995. The van der Waals surface area contributed by atoms with E-state index < -0.39 is 5.97 Å². The van der Waals surface area contributed by atoms with Gasteiger partial charge in [0.2, 0.25) is 0 Å². The summed E-state index contributed by atoms with van der Waals surface area (Å²) in [7, 11) is 0. The second-order valence-corrected chi connectivity index (χ2v) is 4.63.